The summed E-state index contributed by atoms with van der Waals surface area (Å²) < 4.78 is 57.7. The first-order valence-corrected chi connectivity index (χ1v) is 6.18. The number of ether oxygens (including phenoxy) is 1. The lowest BCUT2D eigenvalue weighted by atomic mass is 10.1. The maximum absolute atomic E-state index is 13.4. The van der Waals surface area contributed by atoms with Gasteiger partial charge in [0.05, 0.1) is 6.04 Å². The molecule has 2 N–H and O–H groups in total. The predicted molar refractivity (Wildman–Crippen MR) is 69.9 cm³/mol. The highest BCUT2D eigenvalue weighted by atomic mass is 19.2. The SMILES string of the molecule is Cc1cccc(C(N)COc2c(F)c(F)cc(F)c2F)c1. The fourth-order valence-corrected chi connectivity index (χ4v) is 1.85. The third-order valence-corrected chi connectivity index (χ3v) is 2.95. The lowest BCUT2D eigenvalue weighted by Crippen LogP contribution is -2.20. The maximum Gasteiger partial charge on any atom is 0.203 e. The van der Waals surface area contributed by atoms with Crippen LogP contribution in [0.15, 0.2) is 30.3 Å². The van der Waals surface area contributed by atoms with Gasteiger partial charge in [-0.05, 0) is 12.5 Å². The molecule has 0 aliphatic rings. The third-order valence-electron chi connectivity index (χ3n) is 2.95. The second kappa shape index (κ2) is 6.13. The van der Waals surface area contributed by atoms with Crippen LogP contribution in [0.2, 0.25) is 0 Å². The molecule has 2 aromatic rings. The maximum atomic E-state index is 13.4. The molecule has 0 aromatic heterocycles. The van der Waals surface area contributed by atoms with Gasteiger partial charge in [-0.1, -0.05) is 29.8 Å². The number of benzene rings is 2. The zero-order valence-electron chi connectivity index (χ0n) is 11.2. The van der Waals surface area contributed by atoms with E-state index in [1.165, 1.54) is 0 Å². The lowest BCUT2D eigenvalue weighted by molar-refractivity contribution is 0.253. The van der Waals surface area contributed by atoms with E-state index in [1.807, 2.05) is 13.0 Å². The third kappa shape index (κ3) is 3.33. The number of hydrogen-bond donors (Lipinski definition) is 1. The molecule has 2 nitrogen and oxygen atoms in total. The highest BCUT2D eigenvalue weighted by molar-refractivity contribution is 5.29. The molecule has 112 valence electrons. The minimum absolute atomic E-state index is 0.123. The van der Waals surface area contributed by atoms with Crippen molar-refractivity contribution in [3.63, 3.8) is 0 Å². The molecular weight excluding hydrogens is 286 g/mol. The molecule has 0 bridgehead atoms. The van der Waals surface area contributed by atoms with Crippen molar-refractivity contribution in [3.05, 3.63) is 64.7 Å². The van der Waals surface area contributed by atoms with E-state index in [2.05, 4.69) is 0 Å². The van der Waals surface area contributed by atoms with E-state index in [0.29, 0.717) is 5.56 Å². The quantitative estimate of drug-likeness (QED) is 0.691. The number of halogens is 4. The Bertz CT molecular complexity index is 634. The first kappa shape index (κ1) is 15.3. The van der Waals surface area contributed by atoms with Crippen LogP contribution in [0, 0.1) is 30.2 Å². The van der Waals surface area contributed by atoms with Crippen molar-refractivity contribution in [1.82, 2.24) is 0 Å². The Morgan fingerprint density at radius 1 is 1.05 bits per heavy atom. The minimum Gasteiger partial charge on any atom is -0.485 e. The summed E-state index contributed by atoms with van der Waals surface area (Å²) in [6, 6.07) is 6.58. The average Bonchev–Trinajstić information content (AvgIpc) is 2.45. The molecule has 6 heteroatoms. The van der Waals surface area contributed by atoms with Gasteiger partial charge in [-0.3, -0.25) is 0 Å². The summed E-state index contributed by atoms with van der Waals surface area (Å²) in [5.74, 6) is -7.30. The van der Waals surface area contributed by atoms with Gasteiger partial charge in [0.15, 0.2) is 17.4 Å². The van der Waals surface area contributed by atoms with Crippen LogP contribution in [0.4, 0.5) is 17.6 Å². The van der Waals surface area contributed by atoms with Gasteiger partial charge in [-0.15, -0.1) is 0 Å². The predicted octanol–water partition coefficient (Wildman–Crippen LogP) is 3.63. The van der Waals surface area contributed by atoms with Gasteiger partial charge in [0.1, 0.15) is 6.61 Å². The van der Waals surface area contributed by atoms with E-state index in [1.54, 1.807) is 18.2 Å². The molecule has 0 aliphatic heterocycles. The first-order chi connectivity index (χ1) is 9.90. The van der Waals surface area contributed by atoms with Gasteiger partial charge in [-0.2, -0.15) is 8.78 Å². The Morgan fingerprint density at radius 3 is 2.24 bits per heavy atom. The molecule has 0 heterocycles. The molecule has 0 saturated carbocycles. The summed E-state index contributed by atoms with van der Waals surface area (Å²) in [5, 5.41) is 0. The van der Waals surface area contributed by atoms with Crippen molar-refractivity contribution < 1.29 is 22.3 Å². The molecule has 0 aliphatic carbocycles. The lowest BCUT2D eigenvalue weighted by Gasteiger charge is -2.15. The number of rotatable bonds is 4. The first-order valence-electron chi connectivity index (χ1n) is 6.18. The van der Waals surface area contributed by atoms with Gasteiger partial charge >= 0.3 is 0 Å². The van der Waals surface area contributed by atoms with Crippen molar-refractivity contribution in [3.8, 4) is 5.75 Å². The second-order valence-electron chi connectivity index (χ2n) is 4.63. The van der Waals surface area contributed by atoms with Gasteiger partial charge in [0, 0.05) is 6.07 Å². The summed E-state index contributed by atoms with van der Waals surface area (Å²) in [7, 11) is 0. The molecule has 0 amide bonds. The minimum atomic E-state index is -1.58. The number of aryl methyl sites for hydroxylation is 1. The Kier molecular flexibility index (Phi) is 4.47. The van der Waals surface area contributed by atoms with Crippen LogP contribution in [0.3, 0.4) is 0 Å². The van der Waals surface area contributed by atoms with E-state index in [4.69, 9.17) is 10.5 Å². The van der Waals surface area contributed by atoms with Crippen molar-refractivity contribution in [2.45, 2.75) is 13.0 Å². The van der Waals surface area contributed by atoms with Crippen molar-refractivity contribution in [1.29, 1.82) is 0 Å². The van der Waals surface area contributed by atoms with Crippen molar-refractivity contribution in [2.24, 2.45) is 5.73 Å². The Labute approximate surface area is 119 Å². The molecule has 2 rings (SSSR count). The fourth-order valence-electron chi connectivity index (χ4n) is 1.85. The second-order valence-corrected chi connectivity index (χ2v) is 4.63. The monoisotopic (exact) mass is 299 g/mol. The summed E-state index contributed by atoms with van der Waals surface area (Å²) in [4.78, 5) is 0. The highest BCUT2D eigenvalue weighted by Gasteiger charge is 2.21. The van der Waals surface area contributed by atoms with Crippen LogP contribution in [0.1, 0.15) is 17.2 Å². The largest absolute Gasteiger partial charge is 0.485 e. The highest BCUT2D eigenvalue weighted by Crippen LogP contribution is 2.27. The van der Waals surface area contributed by atoms with E-state index in [0.717, 1.165) is 5.56 Å². The van der Waals surface area contributed by atoms with E-state index >= 15 is 0 Å². The van der Waals surface area contributed by atoms with E-state index < -0.39 is 35.1 Å². The van der Waals surface area contributed by atoms with Crippen molar-refractivity contribution >= 4 is 0 Å². The number of hydrogen-bond acceptors (Lipinski definition) is 2. The average molecular weight is 299 g/mol. The molecule has 21 heavy (non-hydrogen) atoms. The summed E-state index contributed by atoms with van der Waals surface area (Å²) in [6.07, 6.45) is 0. The molecule has 0 spiro atoms. The standard InChI is InChI=1S/C15H13F4NO/c1-8-3-2-4-9(5-8)12(20)7-21-15-13(18)10(16)6-11(17)14(15)19/h2-6,12H,7,20H2,1H3. The topological polar surface area (TPSA) is 35.2 Å². The van der Waals surface area contributed by atoms with Crippen LogP contribution >= 0.6 is 0 Å². The van der Waals surface area contributed by atoms with Gasteiger partial charge < -0.3 is 10.5 Å². The zero-order valence-corrected chi connectivity index (χ0v) is 11.2. The Morgan fingerprint density at radius 2 is 1.67 bits per heavy atom. The van der Waals surface area contributed by atoms with Crippen LogP contribution < -0.4 is 10.5 Å². The van der Waals surface area contributed by atoms with Crippen LogP contribution in [-0.2, 0) is 0 Å². The summed E-state index contributed by atoms with van der Waals surface area (Å²) in [5.41, 5.74) is 7.47. The fraction of sp³-hybridized carbons (Fsp3) is 0.200. The van der Waals surface area contributed by atoms with Crippen LogP contribution in [0.25, 0.3) is 0 Å². The Balaban J connectivity index is 2.17. The molecule has 0 saturated heterocycles. The van der Waals surface area contributed by atoms with E-state index in [-0.39, 0.29) is 12.7 Å². The van der Waals surface area contributed by atoms with Gasteiger partial charge in [-0.25, -0.2) is 8.78 Å². The smallest absolute Gasteiger partial charge is 0.203 e. The summed E-state index contributed by atoms with van der Waals surface area (Å²) in [6.45, 7) is 1.54. The number of nitrogens with two attached hydrogens (primary N) is 1. The molecular formula is C15H13F4NO. The normalized spacial score (nSPS) is 12.3. The molecule has 1 atom stereocenters. The Hall–Kier alpha value is -2.08. The summed E-state index contributed by atoms with van der Waals surface area (Å²) >= 11 is 0. The van der Waals surface area contributed by atoms with Gasteiger partial charge in [0.25, 0.3) is 0 Å². The van der Waals surface area contributed by atoms with Crippen LogP contribution in [0.5, 0.6) is 5.75 Å². The molecule has 2 aromatic carbocycles. The molecule has 0 fully saturated rings. The van der Waals surface area contributed by atoms with Crippen molar-refractivity contribution in [2.75, 3.05) is 6.61 Å². The molecule has 1 unspecified atom stereocenters. The zero-order chi connectivity index (χ0) is 15.6. The van der Waals surface area contributed by atoms with Gasteiger partial charge in [0.2, 0.25) is 11.6 Å². The van der Waals surface area contributed by atoms with E-state index in [9.17, 15) is 17.6 Å². The molecule has 0 radical (unpaired) electrons. The van der Waals surface area contributed by atoms with Crippen LogP contribution in [-0.4, -0.2) is 6.61 Å².